The number of benzene rings is 1. The summed E-state index contributed by atoms with van der Waals surface area (Å²) in [6.07, 6.45) is 5.03. The molecular weight excluding hydrogens is 222 g/mol. The van der Waals surface area contributed by atoms with E-state index in [4.69, 9.17) is 5.73 Å². The predicted octanol–water partition coefficient (Wildman–Crippen LogP) is 2.75. The van der Waals surface area contributed by atoms with E-state index in [1.54, 1.807) is 0 Å². The number of hydrogen-bond donors (Lipinski definition) is 2. The third kappa shape index (κ3) is 2.93. The second-order valence-corrected chi connectivity index (χ2v) is 5.97. The molecule has 100 valence electrons. The molecule has 0 aromatic heterocycles. The van der Waals surface area contributed by atoms with Gasteiger partial charge in [0.1, 0.15) is 0 Å². The molecule has 0 heterocycles. The Morgan fingerprint density at radius 1 is 1.39 bits per heavy atom. The Labute approximate surface area is 110 Å². The Morgan fingerprint density at radius 3 is 2.72 bits per heavy atom. The summed E-state index contributed by atoms with van der Waals surface area (Å²) in [6.45, 7) is 2.88. The van der Waals surface area contributed by atoms with Crippen LogP contribution in [0.15, 0.2) is 30.3 Å². The van der Waals surface area contributed by atoms with Crippen LogP contribution in [0, 0.1) is 11.3 Å². The molecule has 2 rings (SSSR count). The summed E-state index contributed by atoms with van der Waals surface area (Å²) in [5.41, 5.74) is 7.14. The van der Waals surface area contributed by atoms with E-state index in [1.165, 1.54) is 18.4 Å². The molecule has 0 amide bonds. The van der Waals surface area contributed by atoms with Crippen LogP contribution < -0.4 is 5.73 Å². The van der Waals surface area contributed by atoms with Gasteiger partial charge in [-0.15, -0.1) is 0 Å². The van der Waals surface area contributed by atoms with Gasteiger partial charge in [0.25, 0.3) is 0 Å². The van der Waals surface area contributed by atoms with Gasteiger partial charge in [-0.25, -0.2) is 0 Å². The normalized spacial score (nSPS) is 30.1. The number of aliphatic hydroxyl groups is 1. The van der Waals surface area contributed by atoms with E-state index < -0.39 is 0 Å². The van der Waals surface area contributed by atoms with Gasteiger partial charge in [0.05, 0.1) is 6.10 Å². The number of hydrogen-bond acceptors (Lipinski definition) is 2. The lowest BCUT2D eigenvalue weighted by Gasteiger charge is -2.43. The van der Waals surface area contributed by atoms with Gasteiger partial charge in [-0.1, -0.05) is 50.1 Å². The monoisotopic (exact) mass is 247 g/mol. The van der Waals surface area contributed by atoms with Gasteiger partial charge in [0.2, 0.25) is 0 Å². The number of nitrogens with two attached hydrogens (primary N) is 1. The first-order chi connectivity index (χ1) is 8.66. The number of rotatable bonds is 4. The standard InChI is InChI=1S/C16H25NO/c1-13-6-5-9-16(11-13,12-17)15(18)10-14-7-3-2-4-8-14/h2-4,7-8,13,15,18H,5-6,9-12,17H2,1H3. The fourth-order valence-electron chi connectivity index (χ4n) is 3.38. The molecule has 0 radical (unpaired) electrons. The minimum atomic E-state index is -0.312. The Morgan fingerprint density at radius 2 is 2.11 bits per heavy atom. The molecule has 1 aromatic rings. The maximum Gasteiger partial charge on any atom is 0.0648 e. The molecule has 2 heteroatoms. The van der Waals surface area contributed by atoms with Gasteiger partial charge in [-0.3, -0.25) is 0 Å². The van der Waals surface area contributed by atoms with Crippen LogP contribution in [0.4, 0.5) is 0 Å². The molecule has 1 aromatic carbocycles. The van der Waals surface area contributed by atoms with Crippen LogP contribution in [0.3, 0.4) is 0 Å². The van der Waals surface area contributed by atoms with Crippen molar-refractivity contribution in [1.82, 2.24) is 0 Å². The van der Waals surface area contributed by atoms with Crippen LogP contribution in [0.5, 0.6) is 0 Å². The van der Waals surface area contributed by atoms with Crippen LogP contribution in [0.2, 0.25) is 0 Å². The lowest BCUT2D eigenvalue weighted by molar-refractivity contribution is -0.0105. The van der Waals surface area contributed by atoms with E-state index >= 15 is 0 Å². The molecule has 1 saturated carbocycles. The van der Waals surface area contributed by atoms with Crippen LogP contribution >= 0.6 is 0 Å². The second-order valence-electron chi connectivity index (χ2n) is 5.97. The zero-order valence-electron chi connectivity index (χ0n) is 11.3. The molecule has 0 saturated heterocycles. The Balaban J connectivity index is 2.07. The van der Waals surface area contributed by atoms with Crippen molar-refractivity contribution in [2.45, 2.75) is 45.1 Å². The molecular formula is C16H25NO. The highest BCUT2D eigenvalue weighted by atomic mass is 16.3. The summed E-state index contributed by atoms with van der Waals surface area (Å²) in [7, 11) is 0. The lowest BCUT2D eigenvalue weighted by atomic mass is 9.66. The minimum Gasteiger partial charge on any atom is -0.392 e. The van der Waals surface area contributed by atoms with Crippen molar-refractivity contribution < 1.29 is 5.11 Å². The largest absolute Gasteiger partial charge is 0.392 e. The Hall–Kier alpha value is -0.860. The molecule has 3 atom stereocenters. The molecule has 1 aliphatic rings. The van der Waals surface area contributed by atoms with Crippen LogP contribution in [0.1, 0.15) is 38.2 Å². The van der Waals surface area contributed by atoms with Gasteiger partial charge in [-0.05, 0) is 30.7 Å². The highest BCUT2D eigenvalue weighted by Gasteiger charge is 2.39. The molecule has 18 heavy (non-hydrogen) atoms. The summed E-state index contributed by atoms with van der Waals surface area (Å²) >= 11 is 0. The molecule has 3 N–H and O–H groups in total. The molecule has 1 fully saturated rings. The summed E-state index contributed by atoms with van der Waals surface area (Å²) in [5.74, 6) is 0.688. The van der Waals surface area contributed by atoms with Crippen molar-refractivity contribution in [3.63, 3.8) is 0 Å². The first-order valence-electron chi connectivity index (χ1n) is 7.08. The van der Waals surface area contributed by atoms with Crippen molar-refractivity contribution >= 4 is 0 Å². The molecule has 0 aliphatic heterocycles. The summed E-state index contributed by atoms with van der Waals surface area (Å²) in [5, 5.41) is 10.6. The smallest absolute Gasteiger partial charge is 0.0648 e. The summed E-state index contributed by atoms with van der Waals surface area (Å²) in [4.78, 5) is 0. The quantitative estimate of drug-likeness (QED) is 0.859. The topological polar surface area (TPSA) is 46.2 Å². The zero-order valence-corrected chi connectivity index (χ0v) is 11.3. The predicted molar refractivity (Wildman–Crippen MR) is 75.3 cm³/mol. The minimum absolute atomic E-state index is 0.0620. The van der Waals surface area contributed by atoms with Crippen molar-refractivity contribution in [3.8, 4) is 0 Å². The molecule has 1 aliphatic carbocycles. The molecule has 0 spiro atoms. The SMILES string of the molecule is CC1CCCC(CN)(C(O)Cc2ccccc2)C1. The lowest BCUT2D eigenvalue weighted by Crippen LogP contribution is -2.46. The maximum atomic E-state index is 10.6. The molecule has 2 nitrogen and oxygen atoms in total. The molecule has 0 bridgehead atoms. The van der Waals surface area contributed by atoms with Crippen LogP contribution in [-0.4, -0.2) is 17.8 Å². The average molecular weight is 247 g/mol. The van der Waals surface area contributed by atoms with Gasteiger partial charge in [-0.2, -0.15) is 0 Å². The number of aliphatic hydroxyl groups excluding tert-OH is 1. The zero-order chi connectivity index (χ0) is 13.0. The second kappa shape index (κ2) is 5.85. The van der Waals surface area contributed by atoms with E-state index in [9.17, 15) is 5.11 Å². The average Bonchev–Trinajstić information content (AvgIpc) is 2.39. The highest BCUT2D eigenvalue weighted by Crippen LogP contribution is 2.42. The van der Waals surface area contributed by atoms with Crippen molar-refractivity contribution in [2.24, 2.45) is 17.1 Å². The van der Waals surface area contributed by atoms with E-state index in [1.807, 2.05) is 18.2 Å². The fraction of sp³-hybridized carbons (Fsp3) is 0.625. The highest BCUT2D eigenvalue weighted by molar-refractivity contribution is 5.16. The van der Waals surface area contributed by atoms with Crippen molar-refractivity contribution in [1.29, 1.82) is 0 Å². The first kappa shape index (κ1) is 13.6. The van der Waals surface area contributed by atoms with Crippen molar-refractivity contribution in [3.05, 3.63) is 35.9 Å². The van der Waals surface area contributed by atoms with E-state index in [0.717, 1.165) is 19.3 Å². The summed E-state index contributed by atoms with van der Waals surface area (Å²) in [6, 6.07) is 10.2. The molecule has 3 unspecified atom stereocenters. The van der Waals surface area contributed by atoms with E-state index in [0.29, 0.717) is 12.5 Å². The van der Waals surface area contributed by atoms with E-state index in [2.05, 4.69) is 19.1 Å². The van der Waals surface area contributed by atoms with Gasteiger partial charge < -0.3 is 10.8 Å². The maximum absolute atomic E-state index is 10.6. The summed E-state index contributed by atoms with van der Waals surface area (Å²) < 4.78 is 0. The van der Waals surface area contributed by atoms with Gasteiger partial charge >= 0.3 is 0 Å². The fourth-order valence-corrected chi connectivity index (χ4v) is 3.38. The van der Waals surface area contributed by atoms with Gasteiger partial charge in [0.15, 0.2) is 0 Å². The van der Waals surface area contributed by atoms with Crippen LogP contribution in [0.25, 0.3) is 0 Å². The first-order valence-corrected chi connectivity index (χ1v) is 7.08. The third-order valence-electron chi connectivity index (χ3n) is 4.51. The van der Waals surface area contributed by atoms with Crippen molar-refractivity contribution in [2.75, 3.05) is 6.54 Å². The van der Waals surface area contributed by atoms with Crippen LogP contribution in [-0.2, 0) is 6.42 Å². The Kier molecular flexibility index (Phi) is 4.41. The van der Waals surface area contributed by atoms with Gasteiger partial charge in [0, 0.05) is 12.0 Å². The third-order valence-corrected chi connectivity index (χ3v) is 4.51. The van der Waals surface area contributed by atoms with E-state index in [-0.39, 0.29) is 11.5 Å². The Bertz CT molecular complexity index is 365.